The first-order valence-corrected chi connectivity index (χ1v) is 15.9. The minimum absolute atomic E-state index is 0.143. The number of piperazine rings is 1. The Balaban J connectivity index is 1.24. The average Bonchev–Trinajstić information content (AvgIpc) is 3.69. The van der Waals surface area contributed by atoms with E-state index < -0.39 is 41.5 Å². The Morgan fingerprint density at radius 1 is 1.26 bits per heavy atom. The summed E-state index contributed by atoms with van der Waals surface area (Å²) in [5.41, 5.74) is 2.80. The Morgan fingerprint density at radius 3 is 2.79 bits per heavy atom. The van der Waals surface area contributed by atoms with E-state index in [0.717, 1.165) is 35.9 Å². The number of aromatic amines is 1. The van der Waals surface area contributed by atoms with Gasteiger partial charge in [0.2, 0.25) is 17.5 Å². The van der Waals surface area contributed by atoms with Crippen LogP contribution in [0.15, 0.2) is 30.5 Å². The molecule has 1 aromatic carbocycles. The van der Waals surface area contributed by atoms with Crippen molar-refractivity contribution in [3.63, 3.8) is 0 Å². The maximum Gasteiger partial charge on any atom is 0.281 e. The van der Waals surface area contributed by atoms with Crippen molar-refractivity contribution in [2.75, 3.05) is 20.1 Å². The van der Waals surface area contributed by atoms with Gasteiger partial charge in [0, 0.05) is 42.1 Å². The molecule has 2 aromatic rings. The minimum atomic E-state index is -2.01. The first-order chi connectivity index (χ1) is 20.5. The van der Waals surface area contributed by atoms with E-state index in [-0.39, 0.29) is 23.8 Å². The second-order valence-corrected chi connectivity index (χ2v) is 13.7. The van der Waals surface area contributed by atoms with Crippen molar-refractivity contribution in [1.82, 2.24) is 25.0 Å². The first-order valence-electron chi connectivity index (χ1n) is 15.9. The summed E-state index contributed by atoms with van der Waals surface area (Å²) in [5, 5.41) is 16.4. The largest absolute Gasteiger partial charge is 0.361 e. The van der Waals surface area contributed by atoms with E-state index in [2.05, 4.69) is 33.5 Å². The number of benzene rings is 1. The van der Waals surface area contributed by atoms with Crippen LogP contribution in [0.5, 0.6) is 0 Å². The fraction of sp³-hybridized carbons (Fsp3) is 0.606. The molecule has 3 fully saturated rings. The van der Waals surface area contributed by atoms with Gasteiger partial charge in [0.05, 0.1) is 5.92 Å². The summed E-state index contributed by atoms with van der Waals surface area (Å²) in [5.74, 6) is -3.90. The molecule has 3 amide bonds. The summed E-state index contributed by atoms with van der Waals surface area (Å²) in [7, 11) is 2.04. The van der Waals surface area contributed by atoms with Crippen molar-refractivity contribution in [3.8, 4) is 0 Å². The predicted molar refractivity (Wildman–Crippen MR) is 161 cm³/mol. The highest BCUT2D eigenvalue weighted by Crippen LogP contribution is 2.48. The fourth-order valence-corrected chi connectivity index (χ4v) is 8.20. The number of nitrogens with zero attached hydrogens (tertiary/aromatic N) is 3. The topological polar surface area (TPSA) is 118 Å². The van der Waals surface area contributed by atoms with Crippen molar-refractivity contribution >= 4 is 34.2 Å². The SMILES string of the molecule is CCC(C)CC1C(=O)N2CCCC2C2(O)OC(NC(=O)C3C=C4c5cccc6[nH]cc(c56)CC4N(C)C3)(C(C)C)C(=O)N12. The number of carbonyl (C=O) groups excluding carboxylic acids is 3. The van der Waals surface area contributed by atoms with Gasteiger partial charge in [-0.15, -0.1) is 0 Å². The number of H-pyrrole nitrogens is 1. The Labute approximate surface area is 252 Å². The normalized spacial score (nSPS) is 34.3. The predicted octanol–water partition coefficient (Wildman–Crippen LogP) is 2.82. The molecule has 0 bridgehead atoms. The smallest absolute Gasteiger partial charge is 0.281 e. The van der Waals surface area contributed by atoms with Crippen molar-refractivity contribution in [2.24, 2.45) is 17.8 Å². The van der Waals surface area contributed by atoms with Gasteiger partial charge in [0.1, 0.15) is 12.1 Å². The minimum Gasteiger partial charge on any atom is -0.361 e. The van der Waals surface area contributed by atoms with Crippen LogP contribution in [0.4, 0.5) is 0 Å². The highest BCUT2D eigenvalue weighted by molar-refractivity contribution is 6.01. The van der Waals surface area contributed by atoms with Crippen LogP contribution in [-0.4, -0.2) is 92.4 Å². The zero-order chi connectivity index (χ0) is 30.4. The first kappa shape index (κ1) is 28.6. The van der Waals surface area contributed by atoms with Gasteiger partial charge in [-0.25, -0.2) is 0 Å². The molecule has 7 unspecified atom stereocenters. The molecular weight excluding hydrogens is 546 g/mol. The quantitative estimate of drug-likeness (QED) is 0.477. The molecule has 10 nitrogen and oxygen atoms in total. The Morgan fingerprint density at radius 2 is 2.05 bits per heavy atom. The maximum absolute atomic E-state index is 14.5. The van der Waals surface area contributed by atoms with Crippen LogP contribution in [0.25, 0.3) is 16.5 Å². The zero-order valence-electron chi connectivity index (χ0n) is 25.7. The number of ether oxygens (including phenoxy) is 1. The monoisotopic (exact) mass is 589 g/mol. The van der Waals surface area contributed by atoms with Crippen molar-refractivity contribution in [1.29, 1.82) is 0 Å². The van der Waals surface area contributed by atoms with Crippen LogP contribution in [0.1, 0.15) is 64.5 Å². The maximum atomic E-state index is 14.5. The molecule has 7 atom stereocenters. The molecule has 1 aromatic heterocycles. The van der Waals surface area contributed by atoms with Crippen LogP contribution in [-0.2, 0) is 25.5 Å². The number of hydrogen-bond donors (Lipinski definition) is 3. The third-order valence-electron chi connectivity index (χ3n) is 10.8. The highest BCUT2D eigenvalue weighted by Gasteiger charge is 2.72. The van der Waals surface area contributed by atoms with E-state index in [4.69, 9.17) is 4.74 Å². The second kappa shape index (κ2) is 9.90. The summed E-state index contributed by atoms with van der Waals surface area (Å²) in [6, 6.07) is 4.85. The number of aliphatic hydroxyl groups is 1. The van der Waals surface area contributed by atoms with Crippen molar-refractivity contribution < 1.29 is 24.2 Å². The van der Waals surface area contributed by atoms with Crippen LogP contribution in [0, 0.1) is 17.8 Å². The molecule has 0 saturated carbocycles. The Bertz CT molecular complexity index is 1530. The van der Waals surface area contributed by atoms with Crippen LogP contribution in [0.2, 0.25) is 0 Å². The number of nitrogens with one attached hydrogen (secondary N) is 2. The van der Waals surface area contributed by atoms with Gasteiger partial charge < -0.3 is 20.3 Å². The van der Waals surface area contributed by atoms with Crippen LogP contribution in [0.3, 0.4) is 0 Å². The van der Waals surface area contributed by atoms with Gasteiger partial charge in [-0.1, -0.05) is 52.3 Å². The van der Waals surface area contributed by atoms with Crippen LogP contribution >= 0.6 is 0 Å². The standard InChI is InChI=1S/C33H43N5O5/c1-6-19(4)13-26-30(40)37-12-8-11-27(37)33(42)38(26)31(41)32(43-33,18(2)3)35-29(39)21-14-23-22-9-7-10-24-28(22)20(16-34-24)15-25(23)36(5)17-21/h7,9-10,14,16,18-19,21,25-27,34,42H,6,8,11-13,15,17H2,1-5H3,(H,35,39). The molecule has 4 aliphatic heterocycles. The summed E-state index contributed by atoms with van der Waals surface area (Å²) in [6.07, 6.45) is 7.50. The third-order valence-corrected chi connectivity index (χ3v) is 10.8. The molecule has 3 saturated heterocycles. The van der Waals surface area contributed by atoms with E-state index in [0.29, 0.717) is 25.9 Å². The number of carbonyl (C=O) groups is 3. The number of likely N-dealkylation sites (N-methyl/N-ethyl adjacent to an activating group) is 1. The number of hydrogen-bond acceptors (Lipinski definition) is 6. The Kier molecular flexibility index (Phi) is 6.58. The fourth-order valence-electron chi connectivity index (χ4n) is 8.20. The molecule has 7 rings (SSSR count). The summed E-state index contributed by atoms with van der Waals surface area (Å²) < 4.78 is 6.47. The molecule has 0 radical (unpaired) electrons. The number of amides is 3. The second-order valence-electron chi connectivity index (χ2n) is 13.7. The zero-order valence-corrected chi connectivity index (χ0v) is 25.7. The highest BCUT2D eigenvalue weighted by atomic mass is 16.7. The lowest BCUT2D eigenvalue weighted by Gasteiger charge is -2.49. The van der Waals surface area contributed by atoms with Crippen molar-refractivity contribution in [3.05, 3.63) is 41.6 Å². The molecular formula is C33H43N5O5. The summed E-state index contributed by atoms with van der Waals surface area (Å²) in [4.78, 5) is 51.0. The lowest BCUT2D eigenvalue weighted by atomic mass is 9.79. The molecule has 5 heterocycles. The lowest BCUT2D eigenvalue weighted by Crippen LogP contribution is -2.71. The molecule has 0 spiro atoms. The molecule has 43 heavy (non-hydrogen) atoms. The third kappa shape index (κ3) is 3.98. The number of rotatable bonds is 6. The van der Waals surface area contributed by atoms with Crippen LogP contribution < -0.4 is 5.32 Å². The van der Waals surface area contributed by atoms with Gasteiger partial charge >= 0.3 is 0 Å². The summed E-state index contributed by atoms with van der Waals surface area (Å²) >= 11 is 0. The van der Waals surface area contributed by atoms with E-state index in [9.17, 15) is 19.5 Å². The molecule has 230 valence electrons. The Hall–Kier alpha value is -3.21. The van der Waals surface area contributed by atoms with E-state index in [1.807, 2.05) is 46.9 Å². The van der Waals surface area contributed by atoms with E-state index in [1.165, 1.54) is 15.8 Å². The molecule has 3 N–H and O–H groups in total. The van der Waals surface area contributed by atoms with Gasteiger partial charge in [-0.3, -0.25) is 28.9 Å². The lowest BCUT2D eigenvalue weighted by molar-refractivity contribution is -0.322. The van der Waals surface area contributed by atoms with E-state index >= 15 is 0 Å². The molecule has 5 aliphatic rings. The van der Waals surface area contributed by atoms with E-state index in [1.54, 1.807) is 4.90 Å². The van der Waals surface area contributed by atoms with Gasteiger partial charge in [0.25, 0.3) is 11.8 Å². The summed E-state index contributed by atoms with van der Waals surface area (Å²) in [6.45, 7) is 8.73. The molecule has 1 aliphatic carbocycles. The average molecular weight is 590 g/mol. The molecule has 10 heteroatoms. The van der Waals surface area contributed by atoms with Crippen molar-refractivity contribution in [2.45, 2.75) is 89.6 Å². The van der Waals surface area contributed by atoms with Gasteiger partial charge in [-0.2, -0.15) is 0 Å². The van der Waals surface area contributed by atoms with Gasteiger partial charge in [0.15, 0.2) is 0 Å². The van der Waals surface area contributed by atoms with Gasteiger partial charge in [-0.05, 0) is 61.4 Å². The number of fused-ring (bicyclic) bond motifs is 5. The number of aromatic nitrogens is 1.